The molecule has 0 amide bonds. The molecule has 0 unspecified atom stereocenters. The fourth-order valence-electron chi connectivity index (χ4n) is 1.15. The van der Waals surface area contributed by atoms with Gasteiger partial charge in [0.25, 0.3) is 0 Å². The third-order valence-corrected chi connectivity index (χ3v) is 3.35. The highest BCUT2D eigenvalue weighted by Crippen LogP contribution is 2.19. The Hall–Kier alpha value is -0.910. The van der Waals surface area contributed by atoms with Crippen molar-refractivity contribution in [3.63, 3.8) is 0 Å². The number of hydrogen-bond donors (Lipinski definition) is 1. The van der Waals surface area contributed by atoms with Gasteiger partial charge in [-0.25, -0.2) is 0 Å². The summed E-state index contributed by atoms with van der Waals surface area (Å²) in [5.74, 6) is 0.451. The Labute approximate surface area is 107 Å². The van der Waals surface area contributed by atoms with Crippen molar-refractivity contribution in [2.45, 2.75) is 13.5 Å². The Morgan fingerprint density at radius 2 is 2.12 bits per heavy atom. The average molecular weight is 275 g/mol. The van der Waals surface area contributed by atoms with E-state index < -0.39 is 0 Å². The lowest BCUT2D eigenvalue weighted by atomic mass is 10.2. The Balaban J connectivity index is 2.10. The van der Waals surface area contributed by atoms with Crippen molar-refractivity contribution in [3.8, 4) is 0 Å². The minimum atomic E-state index is 0.0777. The molecule has 2 aromatic heterocycles. The van der Waals surface area contributed by atoms with Crippen LogP contribution in [-0.2, 0) is 6.54 Å². The van der Waals surface area contributed by atoms with Crippen LogP contribution in [0, 0.1) is 6.92 Å². The van der Waals surface area contributed by atoms with Gasteiger partial charge in [0, 0.05) is 6.54 Å². The van der Waals surface area contributed by atoms with E-state index in [-0.39, 0.29) is 10.4 Å². The number of nitrogens with one attached hydrogen (secondary N) is 1. The van der Waals surface area contributed by atoms with E-state index in [1.165, 1.54) is 11.1 Å². The summed E-state index contributed by atoms with van der Waals surface area (Å²) >= 11 is 13.1. The number of halogens is 2. The van der Waals surface area contributed by atoms with E-state index in [0.29, 0.717) is 12.4 Å². The molecule has 2 heterocycles. The standard InChI is InChI=1S/C9H8Cl2N4S/c1-5-3-16-4-6(5)2-12-8-7(10)14-15-9(11)13-8/h3-4H,2H2,1H3,(H,12,13,15). The first-order valence-corrected chi connectivity index (χ1v) is 6.18. The highest BCUT2D eigenvalue weighted by Gasteiger charge is 2.06. The lowest BCUT2D eigenvalue weighted by Crippen LogP contribution is -2.04. The summed E-state index contributed by atoms with van der Waals surface area (Å²) in [6.45, 7) is 2.70. The van der Waals surface area contributed by atoms with Gasteiger partial charge in [0.1, 0.15) is 0 Å². The van der Waals surface area contributed by atoms with E-state index in [2.05, 4.69) is 38.2 Å². The van der Waals surface area contributed by atoms with Crippen molar-refractivity contribution in [1.82, 2.24) is 15.2 Å². The summed E-state index contributed by atoms with van der Waals surface area (Å²) in [4.78, 5) is 3.95. The summed E-state index contributed by atoms with van der Waals surface area (Å²) in [7, 11) is 0. The lowest BCUT2D eigenvalue weighted by molar-refractivity contribution is 0.958. The summed E-state index contributed by atoms with van der Waals surface area (Å²) in [5, 5.41) is 14.7. The topological polar surface area (TPSA) is 50.7 Å². The van der Waals surface area contributed by atoms with Crippen LogP contribution < -0.4 is 5.32 Å². The highest BCUT2D eigenvalue weighted by molar-refractivity contribution is 7.08. The van der Waals surface area contributed by atoms with E-state index in [4.69, 9.17) is 23.2 Å². The smallest absolute Gasteiger partial charge is 0.245 e. The summed E-state index contributed by atoms with van der Waals surface area (Å²) in [5.41, 5.74) is 2.44. The number of nitrogens with zero attached hydrogens (tertiary/aromatic N) is 3. The Kier molecular flexibility index (Phi) is 3.58. The SMILES string of the molecule is Cc1cscc1CNc1nc(Cl)nnc1Cl. The number of hydrogen-bond acceptors (Lipinski definition) is 5. The van der Waals surface area contributed by atoms with Gasteiger partial charge in [0.2, 0.25) is 5.28 Å². The Morgan fingerprint density at radius 3 is 2.81 bits per heavy atom. The van der Waals surface area contributed by atoms with Gasteiger partial charge in [-0.15, -0.1) is 10.2 Å². The molecule has 2 rings (SSSR count). The molecule has 0 bridgehead atoms. The molecular weight excluding hydrogens is 267 g/mol. The summed E-state index contributed by atoms with van der Waals surface area (Å²) in [6.07, 6.45) is 0. The van der Waals surface area contributed by atoms with Gasteiger partial charge in [-0.3, -0.25) is 0 Å². The number of aromatic nitrogens is 3. The monoisotopic (exact) mass is 274 g/mol. The van der Waals surface area contributed by atoms with E-state index in [0.717, 1.165) is 0 Å². The van der Waals surface area contributed by atoms with Gasteiger partial charge in [-0.1, -0.05) is 11.6 Å². The molecule has 0 fully saturated rings. The van der Waals surface area contributed by atoms with Gasteiger partial charge in [-0.2, -0.15) is 16.3 Å². The molecule has 1 N–H and O–H groups in total. The van der Waals surface area contributed by atoms with Gasteiger partial charge in [0.15, 0.2) is 11.0 Å². The molecule has 0 aliphatic carbocycles. The second-order valence-corrected chi connectivity index (χ2v) is 4.59. The van der Waals surface area contributed by atoms with E-state index in [9.17, 15) is 0 Å². The van der Waals surface area contributed by atoms with Crippen molar-refractivity contribution in [1.29, 1.82) is 0 Å². The number of rotatable bonds is 3. The van der Waals surface area contributed by atoms with Crippen molar-refractivity contribution in [2.24, 2.45) is 0 Å². The zero-order chi connectivity index (χ0) is 11.5. The fraction of sp³-hybridized carbons (Fsp3) is 0.222. The third-order valence-electron chi connectivity index (χ3n) is 2.03. The van der Waals surface area contributed by atoms with Gasteiger partial charge in [0.05, 0.1) is 0 Å². The van der Waals surface area contributed by atoms with Crippen LogP contribution in [0.15, 0.2) is 10.8 Å². The van der Waals surface area contributed by atoms with E-state index in [1.807, 2.05) is 0 Å². The van der Waals surface area contributed by atoms with Gasteiger partial charge in [-0.05, 0) is 40.4 Å². The first-order chi connectivity index (χ1) is 7.66. The molecular formula is C9H8Cl2N4S. The fourth-order valence-corrected chi connectivity index (χ4v) is 2.28. The normalized spacial score (nSPS) is 10.4. The van der Waals surface area contributed by atoms with Crippen LogP contribution in [-0.4, -0.2) is 15.2 Å². The summed E-state index contributed by atoms with van der Waals surface area (Å²) < 4.78 is 0. The molecule has 0 aliphatic heterocycles. The van der Waals surface area contributed by atoms with Crippen LogP contribution in [0.25, 0.3) is 0 Å². The van der Waals surface area contributed by atoms with Crippen LogP contribution in [0.5, 0.6) is 0 Å². The number of anilines is 1. The molecule has 0 aromatic carbocycles. The van der Waals surface area contributed by atoms with Gasteiger partial charge < -0.3 is 5.32 Å². The predicted molar refractivity (Wildman–Crippen MR) is 66.2 cm³/mol. The molecule has 16 heavy (non-hydrogen) atoms. The molecule has 0 saturated carbocycles. The molecule has 2 aromatic rings. The maximum atomic E-state index is 5.82. The third kappa shape index (κ3) is 2.61. The molecule has 0 aliphatic rings. The van der Waals surface area contributed by atoms with Crippen molar-refractivity contribution < 1.29 is 0 Å². The van der Waals surface area contributed by atoms with Crippen LogP contribution in [0.1, 0.15) is 11.1 Å². The molecule has 0 radical (unpaired) electrons. The Bertz CT molecular complexity index is 500. The second kappa shape index (κ2) is 4.95. The molecule has 0 saturated heterocycles. The molecule has 0 atom stereocenters. The lowest BCUT2D eigenvalue weighted by Gasteiger charge is -2.05. The first kappa shape index (κ1) is 11.6. The zero-order valence-corrected chi connectivity index (χ0v) is 10.7. The van der Waals surface area contributed by atoms with Crippen LogP contribution in [0.3, 0.4) is 0 Å². The van der Waals surface area contributed by atoms with E-state index >= 15 is 0 Å². The Morgan fingerprint density at radius 1 is 1.31 bits per heavy atom. The van der Waals surface area contributed by atoms with Crippen LogP contribution in [0.2, 0.25) is 10.4 Å². The van der Waals surface area contributed by atoms with Crippen molar-refractivity contribution >= 4 is 40.4 Å². The second-order valence-electron chi connectivity index (χ2n) is 3.15. The minimum absolute atomic E-state index is 0.0777. The van der Waals surface area contributed by atoms with Crippen LogP contribution in [0.4, 0.5) is 5.82 Å². The van der Waals surface area contributed by atoms with Crippen LogP contribution >= 0.6 is 34.5 Å². The highest BCUT2D eigenvalue weighted by atomic mass is 35.5. The maximum absolute atomic E-state index is 5.82. The molecule has 7 heteroatoms. The average Bonchev–Trinajstić information content (AvgIpc) is 2.66. The molecule has 0 spiro atoms. The first-order valence-electron chi connectivity index (χ1n) is 4.48. The minimum Gasteiger partial charge on any atom is -0.363 e. The van der Waals surface area contributed by atoms with E-state index in [1.54, 1.807) is 11.3 Å². The van der Waals surface area contributed by atoms with Crippen molar-refractivity contribution in [3.05, 3.63) is 32.3 Å². The summed E-state index contributed by atoms with van der Waals surface area (Å²) in [6, 6.07) is 0. The molecule has 4 nitrogen and oxygen atoms in total. The van der Waals surface area contributed by atoms with Crippen molar-refractivity contribution in [2.75, 3.05) is 5.32 Å². The maximum Gasteiger partial charge on any atom is 0.245 e. The number of aryl methyl sites for hydroxylation is 1. The largest absolute Gasteiger partial charge is 0.363 e. The molecule has 84 valence electrons. The number of thiophene rings is 1. The van der Waals surface area contributed by atoms with Gasteiger partial charge >= 0.3 is 0 Å². The quantitative estimate of drug-likeness (QED) is 0.934. The zero-order valence-electron chi connectivity index (χ0n) is 8.37. The predicted octanol–water partition coefficient (Wildman–Crippen LogP) is 3.16.